The third-order valence-electron chi connectivity index (χ3n) is 6.28. The van der Waals surface area contributed by atoms with E-state index in [4.69, 9.17) is 0 Å². The van der Waals surface area contributed by atoms with Gasteiger partial charge in [-0.1, -0.05) is 42.5 Å². The number of aryl methyl sites for hydroxylation is 1. The number of halogens is 1. The molecule has 0 spiro atoms. The molecular formula is C24H29FN2O. The van der Waals surface area contributed by atoms with Gasteiger partial charge in [-0.3, -0.25) is 9.69 Å². The fraction of sp³-hybridized carbons (Fsp3) is 0.458. The summed E-state index contributed by atoms with van der Waals surface area (Å²) in [6.07, 6.45) is 4.56. The zero-order valence-electron chi connectivity index (χ0n) is 16.4. The van der Waals surface area contributed by atoms with E-state index in [0.29, 0.717) is 24.8 Å². The lowest BCUT2D eigenvalue weighted by Gasteiger charge is -2.47. The van der Waals surface area contributed by atoms with Gasteiger partial charge in [0.15, 0.2) is 0 Å². The normalized spacial score (nSPS) is 22.7. The molecule has 2 aliphatic heterocycles. The van der Waals surface area contributed by atoms with Crippen LogP contribution in [0.3, 0.4) is 0 Å². The predicted octanol–water partition coefficient (Wildman–Crippen LogP) is 4.27. The van der Waals surface area contributed by atoms with Crippen molar-refractivity contribution in [2.45, 2.75) is 44.7 Å². The highest BCUT2D eigenvalue weighted by atomic mass is 19.1. The Bertz CT molecular complexity index is 794. The molecule has 0 radical (unpaired) electrons. The number of nitrogens with zero attached hydrogens (tertiary/aromatic N) is 2. The van der Waals surface area contributed by atoms with Crippen LogP contribution in [0.1, 0.15) is 36.8 Å². The van der Waals surface area contributed by atoms with Gasteiger partial charge in [-0.05, 0) is 61.4 Å². The van der Waals surface area contributed by atoms with E-state index in [1.807, 2.05) is 11.0 Å². The van der Waals surface area contributed by atoms with Gasteiger partial charge in [0.05, 0.1) is 0 Å². The number of likely N-dealkylation sites (tertiary alicyclic amines) is 2. The topological polar surface area (TPSA) is 23.6 Å². The molecule has 2 aromatic carbocycles. The van der Waals surface area contributed by atoms with Gasteiger partial charge in [-0.2, -0.15) is 0 Å². The summed E-state index contributed by atoms with van der Waals surface area (Å²) in [6.45, 7) is 3.88. The van der Waals surface area contributed by atoms with Crippen molar-refractivity contribution in [2.24, 2.45) is 5.92 Å². The highest BCUT2D eigenvalue weighted by Crippen LogP contribution is 2.32. The van der Waals surface area contributed by atoms with Crippen LogP contribution in [0.4, 0.5) is 4.39 Å². The molecule has 148 valence electrons. The Hall–Kier alpha value is -2.20. The number of fused-ring (bicyclic) bond motifs is 1. The zero-order chi connectivity index (χ0) is 19.3. The van der Waals surface area contributed by atoms with Crippen molar-refractivity contribution in [3.05, 3.63) is 71.5 Å². The van der Waals surface area contributed by atoms with E-state index in [1.54, 1.807) is 6.07 Å². The number of rotatable bonds is 5. The van der Waals surface area contributed by atoms with Crippen molar-refractivity contribution in [3.63, 3.8) is 0 Å². The Balaban J connectivity index is 1.32. The second-order valence-corrected chi connectivity index (χ2v) is 8.18. The number of amides is 1. The van der Waals surface area contributed by atoms with Crippen molar-refractivity contribution in [3.8, 4) is 0 Å². The highest BCUT2D eigenvalue weighted by Gasteiger charge is 2.36. The van der Waals surface area contributed by atoms with Crippen LogP contribution in [0.2, 0.25) is 0 Å². The second-order valence-electron chi connectivity index (χ2n) is 8.18. The Morgan fingerprint density at radius 3 is 2.64 bits per heavy atom. The van der Waals surface area contributed by atoms with E-state index in [0.717, 1.165) is 38.2 Å². The zero-order valence-corrected chi connectivity index (χ0v) is 16.4. The van der Waals surface area contributed by atoms with Gasteiger partial charge in [-0.15, -0.1) is 0 Å². The third-order valence-corrected chi connectivity index (χ3v) is 6.28. The van der Waals surface area contributed by atoms with Crippen LogP contribution >= 0.6 is 0 Å². The fourth-order valence-corrected chi connectivity index (χ4v) is 4.85. The molecule has 0 N–H and O–H groups in total. The van der Waals surface area contributed by atoms with Crippen LogP contribution in [0.5, 0.6) is 0 Å². The summed E-state index contributed by atoms with van der Waals surface area (Å²) in [5.41, 5.74) is 2.27. The van der Waals surface area contributed by atoms with Gasteiger partial charge in [0.25, 0.3) is 0 Å². The number of carbonyl (C=O) groups excluding carboxylic acids is 1. The van der Waals surface area contributed by atoms with E-state index in [1.165, 1.54) is 30.5 Å². The largest absolute Gasteiger partial charge is 0.342 e. The van der Waals surface area contributed by atoms with Gasteiger partial charge >= 0.3 is 0 Å². The molecule has 0 aliphatic carbocycles. The fourth-order valence-electron chi connectivity index (χ4n) is 4.85. The molecule has 2 saturated heterocycles. The Morgan fingerprint density at radius 2 is 1.82 bits per heavy atom. The van der Waals surface area contributed by atoms with E-state index in [-0.39, 0.29) is 11.7 Å². The lowest BCUT2D eigenvalue weighted by Crippen LogP contribution is -2.54. The molecule has 28 heavy (non-hydrogen) atoms. The Labute approximate surface area is 167 Å². The second kappa shape index (κ2) is 8.87. The first-order chi connectivity index (χ1) is 13.7. The van der Waals surface area contributed by atoms with Crippen LogP contribution in [-0.2, 0) is 17.8 Å². The van der Waals surface area contributed by atoms with Crippen molar-refractivity contribution in [1.82, 2.24) is 9.80 Å². The Morgan fingerprint density at radius 1 is 1.00 bits per heavy atom. The third kappa shape index (κ3) is 4.61. The monoisotopic (exact) mass is 380 g/mol. The molecule has 2 aromatic rings. The molecule has 0 bridgehead atoms. The van der Waals surface area contributed by atoms with E-state index in [9.17, 15) is 9.18 Å². The molecule has 4 rings (SSSR count). The lowest BCUT2D eigenvalue weighted by atomic mass is 9.83. The molecule has 0 saturated carbocycles. The standard InChI is InChI=1S/C24H29FN2O/c25-22-10-4-8-19(16-22)11-12-24(28)27-15-13-23-21(18-27)9-5-14-26(23)17-20-6-2-1-3-7-20/h1-4,6-8,10,16,21,23H,5,9,11-15,17-18H2/t21-,23-/m1/s1. The van der Waals surface area contributed by atoms with Crippen LogP contribution in [-0.4, -0.2) is 41.4 Å². The van der Waals surface area contributed by atoms with Crippen molar-refractivity contribution < 1.29 is 9.18 Å². The molecule has 2 fully saturated rings. The van der Waals surface area contributed by atoms with Crippen molar-refractivity contribution in [2.75, 3.05) is 19.6 Å². The van der Waals surface area contributed by atoms with Crippen LogP contribution in [0.25, 0.3) is 0 Å². The maximum absolute atomic E-state index is 13.3. The number of carbonyl (C=O) groups is 1. The van der Waals surface area contributed by atoms with Crippen molar-refractivity contribution in [1.29, 1.82) is 0 Å². The van der Waals surface area contributed by atoms with E-state index >= 15 is 0 Å². The summed E-state index contributed by atoms with van der Waals surface area (Å²) in [5, 5.41) is 0. The molecule has 1 amide bonds. The number of piperidine rings is 2. The Kier molecular flexibility index (Phi) is 6.06. The van der Waals surface area contributed by atoms with Crippen molar-refractivity contribution >= 4 is 5.91 Å². The minimum absolute atomic E-state index is 0.211. The maximum Gasteiger partial charge on any atom is 0.222 e. The summed E-state index contributed by atoms with van der Waals surface area (Å²) in [6, 6.07) is 17.9. The first-order valence-corrected chi connectivity index (χ1v) is 10.5. The van der Waals surface area contributed by atoms with Crippen LogP contribution in [0.15, 0.2) is 54.6 Å². The molecule has 0 aromatic heterocycles. The molecule has 0 unspecified atom stereocenters. The van der Waals surface area contributed by atoms with Gasteiger partial charge in [0.2, 0.25) is 5.91 Å². The summed E-state index contributed by atoms with van der Waals surface area (Å²) >= 11 is 0. The minimum Gasteiger partial charge on any atom is -0.342 e. The number of hydrogen-bond donors (Lipinski definition) is 0. The van der Waals surface area contributed by atoms with E-state index < -0.39 is 0 Å². The van der Waals surface area contributed by atoms with Gasteiger partial charge in [0, 0.05) is 32.1 Å². The molecule has 2 heterocycles. The molecule has 2 aliphatic rings. The number of hydrogen-bond acceptors (Lipinski definition) is 2. The molecule has 4 heteroatoms. The summed E-state index contributed by atoms with van der Waals surface area (Å²) < 4.78 is 13.3. The predicted molar refractivity (Wildman–Crippen MR) is 109 cm³/mol. The van der Waals surface area contributed by atoms with Gasteiger partial charge in [0.1, 0.15) is 5.82 Å². The van der Waals surface area contributed by atoms with Crippen LogP contribution < -0.4 is 0 Å². The molecule has 2 atom stereocenters. The lowest BCUT2D eigenvalue weighted by molar-refractivity contribution is -0.135. The average molecular weight is 381 g/mol. The SMILES string of the molecule is O=C(CCc1cccc(F)c1)N1CC[C@@H]2[C@H](CCCN2Cc2ccccc2)C1. The quantitative estimate of drug-likeness (QED) is 0.773. The highest BCUT2D eigenvalue weighted by molar-refractivity contribution is 5.76. The summed E-state index contributed by atoms with van der Waals surface area (Å²) in [4.78, 5) is 17.4. The summed E-state index contributed by atoms with van der Waals surface area (Å²) in [7, 11) is 0. The van der Waals surface area contributed by atoms with Gasteiger partial charge < -0.3 is 4.90 Å². The minimum atomic E-state index is -0.230. The summed E-state index contributed by atoms with van der Waals surface area (Å²) in [5.74, 6) is 0.554. The number of benzene rings is 2. The first-order valence-electron chi connectivity index (χ1n) is 10.5. The molecule has 3 nitrogen and oxygen atoms in total. The van der Waals surface area contributed by atoms with Gasteiger partial charge in [-0.25, -0.2) is 4.39 Å². The first kappa shape index (κ1) is 19.1. The molecular weight excluding hydrogens is 351 g/mol. The smallest absolute Gasteiger partial charge is 0.222 e. The maximum atomic E-state index is 13.3. The average Bonchev–Trinajstić information content (AvgIpc) is 2.73. The van der Waals surface area contributed by atoms with Crippen LogP contribution in [0, 0.1) is 11.7 Å². The van der Waals surface area contributed by atoms with E-state index in [2.05, 4.69) is 35.2 Å².